The Morgan fingerprint density at radius 1 is 1.50 bits per heavy atom. The molecule has 0 aromatic heterocycles. The highest BCUT2D eigenvalue weighted by Crippen LogP contribution is 2.23. The van der Waals surface area contributed by atoms with Crippen LogP contribution < -0.4 is 10.6 Å². The highest BCUT2D eigenvalue weighted by molar-refractivity contribution is 6.31. The van der Waals surface area contributed by atoms with Crippen LogP contribution in [0.3, 0.4) is 0 Å². The predicted molar refractivity (Wildman–Crippen MR) is 76.4 cm³/mol. The molecule has 2 N–H and O–H groups in total. The van der Waals surface area contributed by atoms with Crippen molar-refractivity contribution in [3.8, 4) is 0 Å². The van der Waals surface area contributed by atoms with E-state index in [1.165, 1.54) is 12.1 Å². The molecule has 0 radical (unpaired) electrons. The van der Waals surface area contributed by atoms with Crippen LogP contribution in [0.15, 0.2) is 18.2 Å². The van der Waals surface area contributed by atoms with E-state index in [4.69, 9.17) is 16.3 Å². The second kappa shape index (κ2) is 7.02. The van der Waals surface area contributed by atoms with Crippen molar-refractivity contribution in [1.29, 1.82) is 0 Å². The van der Waals surface area contributed by atoms with Crippen LogP contribution in [0, 0.1) is 11.7 Å². The molecule has 6 heteroatoms. The van der Waals surface area contributed by atoms with Crippen LogP contribution in [0.25, 0.3) is 0 Å². The van der Waals surface area contributed by atoms with Crippen LogP contribution >= 0.6 is 11.6 Å². The molecule has 110 valence electrons. The fourth-order valence-electron chi connectivity index (χ4n) is 2.17. The van der Waals surface area contributed by atoms with Crippen molar-refractivity contribution >= 4 is 23.2 Å². The number of benzene rings is 1. The van der Waals surface area contributed by atoms with Gasteiger partial charge in [-0.3, -0.25) is 4.79 Å². The largest absolute Gasteiger partial charge is 0.379 e. The summed E-state index contributed by atoms with van der Waals surface area (Å²) in [6.45, 7) is 3.72. The van der Waals surface area contributed by atoms with Crippen LogP contribution in [-0.2, 0) is 9.53 Å². The zero-order chi connectivity index (χ0) is 14.5. The summed E-state index contributed by atoms with van der Waals surface area (Å²) in [4.78, 5) is 12.2. The lowest BCUT2D eigenvalue weighted by molar-refractivity contribution is -0.120. The van der Waals surface area contributed by atoms with Gasteiger partial charge < -0.3 is 15.4 Å². The molecule has 1 amide bonds. The molecule has 1 aromatic carbocycles. The van der Waals surface area contributed by atoms with Crippen molar-refractivity contribution in [3.05, 3.63) is 29.0 Å². The Balaban J connectivity index is 2.02. The maximum atomic E-state index is 13.8. The van der Waals surface area contributed by atoms with Crippen molar-refractivity contribution in [2.24, 2.45) is 5.92 Å². The van der Waals surface area contributed by atoms with Crippen LogP contribution in [0.4, 0.5) is 10.1 Å². The Hall–Kier alpha value is -1.17. The lowest BCUT2D eigenvalue weighted by Crippen LogP contribution is -2.41. The highest BCUT2D eigenvalue weighted by Gasteiger charge is 2.33. The van der Waals surface area contributed by atoms with Gasteiger partial charge >= 0.3 is 0 Å². The molecule has 20 heavy (non-hydrogen) atoms. The second-order valence-corrected chi connectivity index (χ2v) is 5.20. The number of amides is 1. The lowest BCUT2D eigenvalue weighted by Gasteiger charge is -2.18. The molecule has 0 spiro atoms. The van der Waals surface area contributed by atoms with Gasteiger partial charge in [0.25, 0.3) is 0 Å². The van der Waals surface area contributed by atoms with Crippen LogP contribution in [0.2, 0.25) is 5.02 Å². The molecule has 1 aromatic rings. The number of hydrogen-bond donors (Lipinski definition) is 2. The molecular formula is C14H18ClFN2O2. The number of rotatable bonds is 5. The Morgan fingerprint density at radius 3 is 3.05 bits per heavy atom. The van der Waals surface area contributed by atoms with Crippen molar-refractivity contribution in [2.45, 2.75) is 19.4 Å². The van der Waals surface area contributed by atoms with E-state index in [0.29, 0.717) is 13.2 Å². The molecule has 1 aliphatic heterocycles. The quantitative estimate of drug-likeness (QED) is 0.878. The second-order valence-electron chi connectivity index (χ2n) is 4.80. The fraction of sp³-hybridized carbons (Fsp3) is 0.500. The zero-order valence-corrected chi connectivity index (χ0v) is 12.0. The molecule has 0 bridgehead atoms. The van der Waals surface area contributed by atoms with Gasteiger partial charge in [0.05, 0.1) is 29.8 Å². The van der Waals surface area contributed by atoms with Crippen LogP contribution in [0.1, 0.15) is 13.3 Å². The van der Waals surface area contributed by atoms with E-state index in [9.17, 15) is 9.18 Å². The summed E-state index contributed by atoms with van der Waals surface area (Å²) in [5, 5.41) is 5.84. The van der Waals surface area contributed by atoms with Gasteiger partial charge in [0, 0.05) is 6.04 Å². The molecule has 2 rings (SSSR count). The van der Waals surface area contributed by atoms with Crippen molar-refractivity contribution < 1.29 is 13.9 Å². The van der Waals surface area contributed by atoms with Gasteiger partial charge in [-0.1, -0.05) is 24.6 Å². The normalized spacial score (nSPS) is 21.9. The third-order valence-corrected chi connectivity index (χ3v) is 3.58. The van der Waals surface area contributed by atoms with Gasteiger partial charge in [-0.2, -0.15) is 0 Å². The van der Waals surface area contributed by atoms with E-state index in [-0.39, 0.29) is 28.6 Å². The Morgan fingerprint density at radius 2 is 2.30 bits per heavy atom. The minimum atomic E-state index is -0.612. The highest BCUT2D eigenvalue weighted by atomic mass is 35.5. The number of nitrogens with one attached hydrogen (secondary N) is 2. The minimum Gasteiger partial charge on any atom is -0.379 e. The SMILES string of the molecule is CCCNC1COCC1C(=O)Nc1cccc(Cl)c1F. The topological polar surface area (TPSA) is 50.4 Å². The number of anilines is 1. The number of carbonyl (C=O) groups is 1. The molecule has 1 aliphatic rings. The smallest absolute Gasteiger partial charge is 0.231 e. The molecule has 4 nitrogen and oxygen atoms in total. The average molecular weight is 301 g/mol. The Bertz CT molecular complexity index is 484. The molecule has 1 heterocycles. The Labute approximate surface area is 122 Å². The first-order chi connectivity index (χ1) is 9.63. The number of ether oxygens (including phenoxy) is 1. The first-order valence-corrected chi connectivity index (χ1v) is 7.07. The lowest BCUT2D eigenvalue weighted by atomic mass is 10.0. The first-order valence-electron chi connectivity index (χ1n) is 6.69. The van der Waals surface area contributed by atoms with E-state index in [1.54, 1.807) is 6.07 Å². The number of halogens is 2. The molecule has 1 saturated heterocycles. The van der Waals surface area contributed by atoms with Crippen molar-refractivity contribution in [1.82, 2.24) is 5.32 Å². The number of hydrogen-bond acceptors (Lipinski definition) is 3. The van der Waals surface area contributed by atoms with Crippen molar-refractivity contribution in [3.63, 3.8) is 0 Å². The van der Waals surface area contributed by atoms with Gasteiger partial charge in [0.1, 0.15) is 0 Å². The van der Waals surface area contributed by atoms with Crippen LogP contribution in [-0.4, -0.2) is 31.7 Å². The predicted octanol–water partition coefficient (Wildman–Crippen LogP) is 2.43. The van der Waals surface area contributed by atoms with E-state index < -0.39 is 5.82 Å². The summed E-state index contributed by atoms with van der Waals surface area (Å²) in [6.07, 6.45) is 0.980. The molecule has 2 atom stereocenters. The van der Waals surface area contributed by atoms with Gasteiger partial charge in [-0.05, 0) is 25.1 Å². The monoisotopic (exact) mass is 300 g/mol. The van der Waals surface area contributed by atoms with Crippen LogP contribution in [0.5, 0.6) is 0 Å². The van der Waals surface area contributed by atoms with Gasteiger partial charge in [0.2, 0.25) is 5.91 Å². The summed E-state index contributed by atoms with van der Waals surface area (Å²) in [7, 11) is 0. The van der Waals surface area contributed by atoms with E-state index in [2.05, 4.69) is 17.6 Å². The zero-order valence-electron chi connectivity index (χ0n) is 11.3. The maximum Gasteiger partial charge on any atom is 0.231 e. The summed E-state index contributed by atoms with van der Waals surface area (Å²) >= 11 is 5.69. The van der Waals surface area contributed by atoms with E-state index in [1.807, 2.05) is 0 Å². The fourth-order valence-corrected chi connectivity index (χ4v) is 2.34. The molecule has 1 fully saturated rings. The maximum absolute atomic E-state index is 13.8. The summed E-state index contributed by atoms with van der Waals surface area (Å²) < 4.78 is 19.1. The molecule has 2 unspecified atom stereocenters. The van der Waals surface area contributed by atoms with Crippen molar-refractivity contribution in [2.75, 3.05) is 25.1 Å². The molecule has 0 saturated carbocycles. The third kappa shape index (κ3) is 3.48. The van der Waals surface area contributed by atoms with Gasteiger partial charge in [-0.15, -0.1) is 0 Å². The summed E-state index contributed by atoms with van der Waals surface area (Å²) in [6, 6.07) is 4.50. The van der Waals surface area contributed by atoms with Gasteiger partial charge in [-0.25, -0.2) is 4.39 Å². The molecule has 0 aliphatic carbocycles. The number of carbonyl (C=O) groups excluding carboxylic acids is 1. The summed E-state index contributed by atoms with van der Waals surface area (Å²) in [5.74, 6) is -1.18. The average Bonchev–Trinajstić information content (AvgIpc) is 2.90. The Kier molecular flexibility index (Phi) is 5.34. The standard InChI is InChI=1S/C14H18ClFN2O2/c1-2-6-17-12-8-20-7-9(12)14(19)18-11-5-3-4-10(15)13(11)16/h3-5,9,12,17H,2,6-8H2,1H3,(H,18,19). The van der Waals surface area contributed by atoms with E-state index in [0.717, 1.165) is 13.0 Å². The third-order valence-electron chi connectivity index (χ3n) is 3.28. The van der Waals surface area contributed by atoms with Gasteiger partial charge in [0.15, 0.2) is 5.82 Å². The first kappa shape index (κ1) is 15.2. The minimum absolute atomic E-state index is 0.00821. The summed E-state index contributed by atoms with van der Waals surface area (Å²) in [5.41, 5.74) is 0.101. The van der Waals surface area contributed by atoms with E-state index >= 15 is 0 Å². The molecular weight excluding hydrogens is 283 g/mol.